The Morgan fingerprint density at radius 3 is 2.69 bits per heavy atom. The number of rotatable bonds is 7. The molecule has 0 aliphatic carbocycles. The van der Waals surface area contributed by atoms with Crippen molar-refractivity contribution in [3.63, 3.8) is 0 Å². The molecular formula is C18H17Br2N3O3. The van der Waals surface area contributed by atoms with Crippen LogP contribution < -0.4 is 10.7 Å². The number of hydrogen-bond acceptors (Lipinski definition) is 4. The van der Waals surface area contributed by atoms with Crippen molar-refractivity contribution in [1.82, 2.24) is 10.7 Å². The van der Waals surface area contributed by atoms with Gasteiger partial charge in [0.2, 0.25) is 5.91 Å². The number of phenolic OH excluding ortho intramolecular Hbond substituents is 1. The van der Waals surface area contributed by atoms with Gasteiger partial charge in [-0.1, -0.05) is 28.1 Å². The van der Waals surface area contributed by atoms with Crippen LogP contribution in [0.25, 0.3) is 0 Å². The summed E-state index contributed by atoms with van der Waals surface area (Å²) in [7, 11) is 0. The molecule has 0 saturated heterocycles. The molecule has 26 heavy (non-hydrogen) atoms. The standard InChI is InChI=1S/C18H17Br2N3O3/c19-13-7-8-16(24)12(10-13)11-22-23-17(25)6-3-9-21-18(26)14-4-1-2-5-15(14)20/h1-2,4-5,7-8,10-11,24H,3,6,9H2,(H,21,26)(H,23,25)/b22-11+. The second-order valence-corrected chi connectivity index (χ2v) is 7.11. The summed E-state index contributed by atoms with van der Waals surface area (Å²) in [6.07, 6.45) is 2.07. The zero-order chi connectivity index (χ0) is 18.9. The lowest BCUT2D eigenvalue weighted by Crippen LogP contribution is -2.26. The third kappa shape index (κ3) is 6.27. The van der Waals surface area contributed by atoms with Gasteiger partial charge in [0.15, 0.2) is 0 Å². The first kappa shape index (κ1) is 20.1. The Labute approximate surface area is 167 Å². The van der Waals surface area contributed by atoms with Gasteiger partial charge in [0.05, 0.1) is 11.8 Å². The number of amides is 2. The number of aromatic hydroxyl groups is 1. The molecule has 2 aromatic rings. The Morgan fingerprint density at radius 2 is 1.92 bits per heavy atom. The van der Waals surface area contributed by atoms with E-state index in [9.17, 15) is 14.7 Å². The minimum atomic E-state index is -0.272. The van der Waals surface area contributed by atoms with Gasteiger partial charge in [0.1, 0.15) is 5.75 Å². The van der Waals surface area contributed by atoms with Crippen molar-refractivity contribution in [1.29, 1.82) is 0 Å². The molecule has 0 aliphatic heterocycles. The molecular weight excluding hydrogens is 466 g/mol. The van der Waals surface area contributed by atoms with E-state index in [-0.39, 0.29) is 24.0 Å². The summed E-state index contributed by atoms with van der Waals surface area (Å²) in [5, 5.41) is 16.3. The lowest BCUT2D eigenvalue weighted by Gasteiger charge is -2.06. The normalized spacial score (nSPS) is 10.7. The topological polar surface area (TPSA) is 90.8 Å². The number of carbonyl (C=O) groups is 2. The van der Waals surface area contributed by atoms with Crippen molar-refractivity contribution in [3.8, 4) is 5.75 Å². The predicted octanol–water partition coefficient (Wildman–Crippen LogP) is 3.58. The Hall–Kier alpha value is -2.19. The summed E-state index contributed by atoms with van der Waals surface area (Å²) in [6.45, 7) is 0.379. The maximum Gasteiger partial charge on any atom is 0.252 e. The number of nitrogens with one attached hydrogen (secondary N) is 2. The second-order valence-electron chi connectivity index (χ2n) is 5.34. The monoisotopic (exact) mass is 481 g/mol. The number of phenols is 1. The lowest BCUT2D eigenvalue weighted by molar-refractivity contribution is -0.121. The van der Waals surface area contributed by atoms with Crippen molar-refractivity contribution in [2.24, 2.45) is 5.10 Å². The molecule has 0 unspecified atom stereocenters. The van der Waals surface area contributed by atoms with Gasteiger partial charge >= 0.3 is 0 Å². The van der Waals surface area contributed by atoms with Crippen LogP contribution in [0.1, 0.15) is 28.8 Å². The van der Waals surface area contributed by atoms with Gasteiger partial charge in [0, 0.05) is 27.5 Å². The van der Waals surface area contributed by atoms with Gasteiger partial charge < -0.3 is 10.4 Å². The summed E-state index contributed by atoms with van der Waals surface area (Å²) < 4.78 is 1.52. The molecule has 2 rings (SSSR count). The number of nitrogens with zero attached hydrogens (tertiary/aromatic N) is 1. The molecule has 3 N–H and O–H groups in total. The van der Waals surface area contributed by atoms with Crippen LogP contribution in [0.5, 0.6) is 5.75 Å². The molecule has 2 aromatic carbocycles. The highest BCUT2D eigenvalue weighted by atomic mass is 79.9. The number of carbonyl (C=O) groups excluding carboxylic acids is 2. The molecule has 2 amide bonds. The van der Waals surface area contributed by atoms with Crippen LogP contribution in [0, 0.1) is 0 Å². The van der Waals surface area contributed by atoms with E-state index in [4.69, 9.17) is 0 Å². The van der Waals surface area contributed by atoms with E-state index in [1.165, 1.54) is 12.3 Å². The van der Waals surface area contributed by atoms with E-state index >= 15 is 0 Å². The fourth-order valence-corrected chi connectivity index (χ4v) is 2.89. The SMILES string of the molecule is O=C(CCCNC(=O)c1ccccc1Br)N/N=C/c1cc(Br)ccc1O. The maximum atomic E-state index is 12.0. The molecule has 0 radical (unpaired) electrons. The summed E-state index contributed by atoms with van der Waals surface area (Å²) in [4.78, 5) is 23.7. The van der Waals surface area contributed by atoms with Crippen LogP contribution in [0.4, 0.5) is 0 Å². The van der Waals surface area contributed by atoms with Crippen LogP contribution in [0.15, 0.2) is 56.5 Å². The van der Waals surface area contributed by atoms with Crippen LogP contribution in [0.2, 0.25) is 0 Å². The Bertz CT molecular complexity index is 825. The Morgan fingerprint density at radius 1 is 1.15 bits per heavy atom. The number of benzene rings is 2. The van der Waals surface area contributed by atoms with Crippen LogP contribution in [-0.2, 0) is 4.79 Å². The lowest BCUT2D eigenvalue weighted by atomic mass is 10.2. The van der Waals surface area contributed by atoms with Crippen molar-refractivity contribution in [2.75, 3.05) is 6.54 Å². The first-order valence-electron chi connectivity index (χ1n) is 7.80. The minimum absolute atomic E-state index is 0.0704. The largest absolute Gasteiger partial charge is 0.507 e. The van der Waals surface area contributed by atoms with E-state index in [1.807, 2.05) is 6.07 Å². The molecule has 0 aromatic heterocycles. The number of hydrazone groups is 1. The third-order valence-corrected chi connectivity index (χ3v) is 4.55. The summed E-state index contributed by atoms with van der Waals surface area (Å²) in [5.41, 5.74) is 3.43. The highest BCUT2D eigenvalue weighted by molar-refractivity contribution is 9.10. The number of halogens is 2. The molecule has 0 atom stereocenters. The molecule has 6 nitrogen and oxygen atoms in total. The van der Waals surface area contributed by atoms with Crippen molar-refractivity contribution >= 4 is 49.9 Å². The summed E-state index contributed by atoms with van der Waals surface area (Å²) >= 11 is 6.62. The van der Waals surface area contributed by atoms with Gasteiger partial charge in [-0.3, -0.25) is 9.59 Å². The molecule has 0 spiro atoms. The third-order valence-electron chi connectivity index (χ3n) is 3.37. The van der Waals surface area contributed by atoms with E-state index in [0.29, 0.717) is 24.1 Å². The first-order chi connectivity index (χ1) is 12.5. The fraction of sp³-hybridized carbons (Fsp3) is 0.167. The van der Waals surface area contributed by atoms with E-state index in [1.54, 1.807) is 30.3 Å². The van der Waals surface area contributed by atoms with Crippen LogP contribution in [-0.4, -0.2) is 29.7 Å². The fourth-order valence-electron chi connectivity index (χ4n) is 2.05. The summed E-state index contributed by atoms with van der Waals surface area (Å²) in [5.74, 6) is -0.395. The predicted molar refractivity (Wildman–Crippen MR) is 107 cm³/mol. The molecule has 136 valence electrons. The first-order valence-corrected chi connectivity index (χ1v) is 9.39. The van der Waals surface area contributed by atoms with Crippen molar-refractivity contribution < 1.29 is 14.7 Å². The van der Waals surface area contributed by atoms with Crippen molar-refractivity contribution in [3.05, 3.63) is 62.5 Å². The smallest absolute Gasteiger partial charge is 0.252 e. The highest BCUT2D eigenvalue weighted by Gasteiger charge is 2.08. The molecule has 0 fully saturated rings. The van der Waals surface area contributed by atoms with E-state index in [2.05, 4.69) is 47.7 Å². The highest BCUT2D eigenvalue weighted by Crippen LogP contribution is 2.20. The van der Waals surface area contributed by atoms with Crippen LogP contribution >= 0.6 is 31.9 Å². The average Bonchev–Trinajstić information content (AvgIpc) is 2.62. The maximum absolute atomic E-state index is 12.0. The van der Waals surface area contributed by atoms with E-state index in [0.717, 1.165) is 8.95 Å². The Balaban J connectivity index is 1.71. The zero-order valence-corrected chi connectivity index (χ0v) is 16.9. The Kier molecular flexibility index (Phi) is 7.80. The summed E-state index contributed by atoms with van der Waals surface area (Å²) in [6, 6.07) is 12.0. The van der Waals surface area contributed by atoms with Gasteiger partial charge in [0.25, 0.3) is 5.91 Å². The van der Waals surface area contributed by atoms with Gasteiger partial charge in [-0.25, -0.2) is 5.43 Å². The van der Waals surface area contributed by atoms with Gasteiger partial charge in [-0.15, -0.1) is 0 Å². The van der Waals surface area contributed by atoms with E-state index < -0.39 is 0 Å². The molecule has 8 heteroatoms. The van der Waals surface area contributed by atoms with Gasteiger partial charge in [-0.05, 0) is 52.7 Å². The molecule has 0 bridgehead atoms. The molecule has 0 heterocycles. The quantitative estimate of drug-likeness (QED) is 0.320. The number of hydrogen-bond donors (Lipinski definition) is 3. The van der Waals surface area contributed by atoms with Crippen molar-refractivity contribution in [2.45, 2.75) is 12.8 Å². The molecule has 0 saturated carbocycles. The molecule has 0 aliphatic rings. The van der Waals surface area contributed by atoms with Crippen LogP contribution in [0.3, 0.4) is 0 Å². The average molecular weight is 483 g/mol. The zero-order valence-electron chi connectivity index (χ0n) is 13.7. The minimum Gasteiger partial charge on any atom is -0.507 e. The second kappa shape index (κ2) is 10.1. The van der Waals surface area contributed by atoms with Gasteiger partial charge in [-0.2, -0.15) is 5.10 Å².